The Morgan fingerprint density at radius 1 is 1.27 bits per heavy atom. The highest BCUT2D eigenvalue weighted by molar-refractivity contribution is 6.07. The maximum atomic E-state index is 12.9. The Balaban J connectivity index is 2.70. The first-order valence-electron chi connectivity index (χ1n) is 4.20. The summed E-state index contributed by atoms with van der Waals surface area (Å²) < 4.78 is 11.5. The monoisotopic (exact) mass is 208 g/mol. The van der Waals surface area contributed by atoms with Gasteiger partial charge in [-0.25, -0.2) is 0 Å². The zero-order valence-corrected chi connectivity index (χ0v) is 7.55. The maximum Gasteiger partial charge on any atom is 0.533 e. The van der Waals surface area contributed by atoms with Gasteiger partial charge in [-0.05, 0) is 6.07 Å². The lowest BCUT2D eigenvalue weighted by molar-refractivity contribution is 0.155. The van der Waals surface area contributed by atoms with Crippen molar-refractivity contribution in [2.45, 2.75) is 0 Å². The number of rotatable bonds is 0. The molecule has 0 aliphatic carbocycles. The van der Waals surface area contributed by atoms with E-state index < -0.39 is 16.7 Å². The molecule has 0 saturated carbocycles. The fourth-order valence-electron chi connectivity index (χ4n) is 1.62. The highest BCUT2D eigenvalue weighted by Gasteiger charge is 2.51. The van der Waals surface area contributed by atoms with Crippen LogP contribution in [-0.4, -0.2) is 17.4 Å². The molecule has 0 fully saturated rings. The van der Waals surface area contributed by atoms with E-state index in [0.717, 1.165) is 6.20 Å². The van der Waals surface area contributed by atoms with E-state index in [9.17, 15) is 14.0 Å². The molecule has 0 radical (unpaired) electrons. The van der Waals surface area contributed by atoms with Crippen molar-refractivity contribution in [3.63, 3.8) is 0 Å². The van der Waals surface area contributed by atoms with E-state index in [1.54, 1.807) is 18.2 Å². The number of imide groups is 1. The highest BCUT2D eigenvalue weighted by atomic mass is 19.1. The lowest BCUT2D eigenvalue weighted by atomic mass is 10.2. The summed E-state index contributed by atoms with van der Waals surface area (Å²) in [6.07, 6.45) is -1.04. The van der Waals surface area contributed by atoms with Gasteiger partial charge in [0.15, 0.2) is 5.69 Å². The second-order valence-electron chi connectivity index (χ2n) is 3.13. The Bertz CT molecular complexity index is 467. The van der Waals surface area contributed by atoms with Gasteiger partial charge in [-0.15, -0.1) is 4.39 Å². The molecule has 1 heterocycles. The second kappa shape index (κ2) is 2.99. The lowest BCUT2D eigenvalue weighted by Gasteiger charge is -2.18. The Morgan fingerprint density at radius 2 is 1.93 bits per heavy atom. The number of hydrogen-bond acceptors (Lipinski definition) is 2. The van der Waals surface area contributed by atoms with Gasteiger partial charge < -0.3 is 5.11 Å². The fourth-order valence-corrected chi connectivity index (χ4v) is 1.62. The molecule has 1 aromatic rings. The van der Waals surface area contributed by atoms with Gasteiger partial charge in [0.2, 0.25) is 0 Å². The molecule has 1 aromatic carbocycles. The predicted molar refractivity (Wildman–Crippen MR) is 51.8 cm³/mol. The van der Waals surface area contributed by atoms with Crippen LogP contribution in [0.2, 0.25) is 0 Å². The van der Waals surface area contributed by atoms with Crippen LogP contribution >= 0.6 is 0 Å². The van der Waals surface area contributed by atoms with Gasteiger partial charge in [-0.1, -0.05) is 16.6 Å². The number of carbonyl (C=O) groups excluding carboxylic acids is 1. The van der Waals surface area contributed by atoms with Gasteiger partial charge in [0.05, 0.1) is 0 Å². The van der Waals surface area contributed by atoms with Crippen LogP contribution in [0.1, 0.15) is 5.56 Å². The van der Waals surface area contributed by atoms with Crippen molar-refractivity contribution in [1.29, 1.82) is 0 Å². The molecule has 0 unspecified atom stereocenters. The first-order valence-corrected chi connectivity index (χ1v) is 4.20. The SMILES string of the molecule is O=C(O)[N@+]1(C(=O)F)C=Cc2ccccc21. The van der Waals surface area contributed by atoms with Gasteiger partial charge in [-0.3, -0.25) is 0 Å². The van der Waals surface area contributed by atoms with Gasteiger partial charge in [-0.2, -0.15) is 9.59 Å². The molecule has 0 bridgehead atoms. The molecule has 1 atom stereocenters. The Labute approximate surface area is 84.4 Å². The predicted octanol–water partition coefficient (Wildman–Crippen LogP) is 2.75. The normalized spacial score (nSPS) is 22.5. The van der Waals surface area contributed by atoms with E-state index in [0.29, 0.717) is 5.56 Å². The third-order valence-corrected chi connectivity index (χ3v) is 2.37. The molecule has 15 heavy (non-hydrogen) atoms. The average molecular weight is 208 g/mol. The molecule has 1 aliphatic heterocycles. The number of benzene rings is 1. The first-order chi connectivity index (χ1) is 7.09. The topological polar surface area (TPSA) is 54.4 Å². The molecular formula is C10H7FNO3+. The quantitative estimate of drug-likeness (QED) is 0.405. The molecule has 0 saturated heterocycles. The minimum atomic E-state index is -1.93. The molecule has 76 valence electrons. The lowest BCUT2D eigenvalue weighted by Crippen LogP contribution is -2.49. The number of nitrogens with zero attached hydrogens (tertiary/aromatic N) is 1. The molecule has 4 nitrogen and oxygen atoms in total. The molecule has 5 heteroatoms. The van der Waals surface area contributed by atoms with Crippen molar-refractivity contribution in [3.8, 4) is 0 Å². The molecule has 2 amide bonds. The number of amides is 2. The molecule has 1 aliphatic rings. The summed E-state index contributed by atoms with van der Waals surface area (Å²) >= 11 is 0. The average Bonchev–Trinajstić information content (AvgIpc) is 2.57. The van der Waals surface area contributed by atoms with Crippen molar-refractivity contribution >= 4 is 24.0 Å². The third kappa shape index (κ3) is 1.10. The van der Waals surface area contributed by atoms with E-state index in [1.165, 1.54) is 12.1 Å². The first kappa shape index (κ1) is 9.54. The van der Waals surface area contributed by atoms with Crippen molar-refractivity contribution in [3.05, 3.63) is 36.0 Å². The number of para-hydroxylation sites is 1. The van der Waals surface area contributed by atoms with Gasteiger partial charge >= 0.3 is 12.3 Å². The van der Waals surface area contributed by atoms with Crippen molar-refractivity contribution in [2.24, 2.45) is 0 Å². The van der Waals surface area contributed by atoms with Crippen LogP contribution in [0.25, 0.3) is 6.08 Å². The van der Waals surface area contributed by atoms with Gasteiger partial charge in [0.1, 0.15) is 6.20 Å². The van der Waals surface area contributed by atoms with Crippen molar-refractivity contribution in [1.82, 2.24) is 4.48 Å². The largest absolute Gasteiger partial charge is 0.533 e. The van der Waals surface area contributed by atoms with Crippen LogP contribution in [0.15, 0.2) is 30.5 Å². The van der Waals surface area contributed by atoms with E-state index in [-0.39, 0.29) is 5.69 Å². The smallest absolute Gasteiger partial charge is 0.434 e. The number of carbonyl (C=O) groups is 2. The Hall–Kier alpha value is -2.01. The summed E-state index contributed by atoms with van der Waals surface area (Å²) in [4.78, 5) is 21.8. The Morgan fingerprint density at radius 3 is 2.53 bits per heavy atom. The van der Waals surface area contributed by atoms with E-state index in [1.807, 2.05) is 0 Å². The second-order valence-corrected chi connectivity index (χ2v) is 3.13. The number of hydrogen-bond donors (Lipinski definition) is 1. The van der Waals surface area contributed by atoms with E-state index >= 15 is 0 Å². The summed E-state index contributed by atoms with van der Waals surface area (Å²) in [6, 6.07) is 6.29. The summed E-state index contributed by atoms with van der Waals surface area (Å²) in [7, 11) is 0. The zero-order valence-electron chi connectivity index (χ0n) is 7.55. The van der Waals surface area contributed by atoms with Crippen LogP contribution in [0.5, 0.6) is 0 Å². The third-order valence-electron chi connectivity index (χ3n) is 2.37. The minimum absolute atomic E-state index is 0.123. The zero-order chi connectivity index (χ0) is 11.1. The van der Waals surface area contributed by atoms with Crippen LogP contribution in [-0.2, 0) is 0 Å². The van der Waals surface area contributed by atoms with Crippen molar-refractivity contribution in [2.75, 3.05) is 0 Å². The molecule has 0 spiro atoms. The van der Waals surface area contributed by atoms with Crippen LogP contribution in [0.4, 0.5) is 19.7 Å². The van der Waals surface area contributed by atoms with Crippen LogP contribution in [0, 0.1) is 0 Å². The minimum Gasteiger partial charge on any atom is -0.434 e. The van der Waals surface area contributed by atoms with Crippen LogP contribution in [0.3, 0.4) is 0 Å². The molecular weight excluding hydrogens is 201 g/mol. The standard InChI is InChI=1S/C10H6FNO3/c11-9(13)12(10(14)15)6-5-7-3-1-2-4-8(7)12/h1-6H/p+1/t12-/m1/s1. The van der Waals surface area contributed by atoms with Crippen molar-refractivity contribution < 1.29 is 19.1 Å². The summed E-state index contributed by atoms with van der Waals surface area (Å²) in [5.41, 5.74) is 0.656. The maximum absolute atomic E-state index is 12.9. The summed E-state index contributed by atoms with van der Waals surface area (Å²) in [6.45, 7) is 0. The molecule has 2 rings (SSSR count). The number of carboxylic acid groups (broad SMARTS) is 1. The van der Waals surface area contributed by atoms with Crippen LogP contribution < -0.4 is 4.48 Å². The fraction of sp³-hybridized carbons (Fsp3) is 0. The Kier molecular flexibility index (Phi) is 1.90. The van der Waals surface area contributed by atoms with Gasteiger partial charge in [0.25, 0.3) is 0 Å². The highest BCUT2D eigenvalue weighted by Crippen LogP contribution is 2.36. The van der Waals surface area contributed by atoms with E-state index in [2.05, 4.69) is 0 Å². The molecule has 0 aromatic heterocycles. The number of fused-ring (bicyclic) bond motifs is 1. The molecule has 1 N–H and O–H groups in total. The summed E-state index contributed by atoms with van der Waals surface area (Å²) in [5, 5.41) is 8.94. The van der Waals surface area contributed by atoms with E-state index in [4.69, 9.17) is 5.11 Å². The summed E-state index contributed by atoms with van der Waals surface area (Å²) in [5.74, 6) is 0. The number of halogens is 1. The van der Waals surface area contributed by atoms with Gasteiger partial charge in [0, 0.05) is 17.7 Å². The number of quaternary nitrogens is 1.